The molecule has 1 aromatic carbocycles. The van der Waals surface area contributed by atoms with Gasteiger partial charge in [0.05, 0.1) is 6.04 Å². The minimum absolute atomic E-state index is 0.0125. The third-order valence-electron chi connectivity index (χ3n) is 3.04. The number of rotatable bonds is 5. The van der Waals surface area contributed by atoms with Crippen molar-refractivity contribution < 1.29 is 22.7 Å². The molecule has 0 aliphatic heterocycles. The number of hydrogen-bond acceptors (Lipinski definition) is 5. The molecule has 1 heterocycles. The van der Waals surface area contributed by atoms with Gasteiger partial charge in [-0.25, -0.2) is 9.97 Å². The molecule has 0 bridgehead atoms. The average molecular weight is 340 g/mol. The molecule has 2 rings (SSSR count). The SMILES string of the molecule is CC(NC(=O)c1ccnc(N)n1)c1ccc(OCC(F)(F)F)cc1. The fourth-order valence-electron chi connectivity index (χ4n) is 1.87. The van der Waals surface area contributed by atoms with Crippen LogP contribution in [-0.2, 0) is 0 Å². The number of benzene rings is 1. The van der Waals surface area contributed by atoms with Crippen LogP contribution in [0.2, 0.25) is 0 Å². The van der Waals surface area contributed by atoms with Crippen molar-refractivity contribution in [1.82, 2.24) is 15.3 Å². The third kappa shape index (κ3) is 5.11. The number of nitrogens with zero attached hydrogens (tertiary/aromatic N) is 2. The molecule has 0 saturated carbocycles. The molecule has 24 heavy (non-hydrogen) atoms. The highest BCUT2D eigenvalue weighted by Crippen LogP contribution is 2.21. The van der Waals surface area contributed by atoms with Crippen molar-refractivity contribution in [2.45, 2.75) is 19.1 Å². The number of nitrogens with one attached hydrogen (secondary N) is 1. The maximum absolute atomic E-state index is 12.1. The van der Waals surface area contributed by atoms with Crippen molar-refractivity contribution in [3.63, 3.8) is 0 Å². The topological polar surface area (TPSA) is 90.1 Å². The summed E-state index contributed by atoms with van der Waals surface area (Å²) >= 11 is 0. The first-order chi connectivity index (χ1) is 11.2. The summed E-state index contributed by atoms with van der Waals surface area (Å²) in [4.78, 5) is 19.6. The second kappa shape index (κ2) is 7.16. The van der Waals surface area contributed by atoms with Crippen LogP contribution in [0.1, 0.15) is 29.0 Å². The zero-order valence-electron chi connectivity index (χ0n) is 12.7. The summed E-state index contributed by atoms with van der Waals surface area (Å²) in [7, 11) is 0. The Bertz CT molecular complexity index is 705. The van der Waals surface area contributed by atoms with Crippen LogP contribution in [-0.4, -0.2) is 28.7 Å². The van der Waals surface area contributed by atoms with E-state index in [9.17, 15) is 18.0 Å². The molecule has 6 nitrogen and oxygen atoms in total. The molecule has 2 aromatic rings. The summed E-state index contributed by atoms with van der Waals surface area (Å²) in [5, 5.41) is 2.71. The highest BCUT2D eigenvalue weighted by atomic mass is 19.4. The van der Waals surface area contributed by atoms with E-state index in [-0.39, 0.29) is 23.4 Å². The number of aromatic nitrogens is 2. The summed E-state index contributed by atoms with van der Waals surface area (Å²) in [5.41, 5.74) is 6.24. The Labute approximate surface area is 135 Å². The van der Waals surface area contributed by atoms with Gasteiger partial charge in [0.15, 0.2) is 6.61 Å². The first-order valence-electron chi connectivity index (χ1n) is 6.93. The molecule has 1 amide bonds. The van der Waals surface area contributed by atoms with Crippen LogP contribution in [0.5, 0.6) is 5.75 Å². The van der Waals surface area contributed by atoms with E-state index in [0.29, 0.717) is 5.56 Å². The van der Waals surface area contributed by atoms with Crippen molar-refractivity contribution in [3.8, 4) is 5.75 Å². The Morgan fingerprint density at radius 2 is 1.96 bits per heavy atom. The minimum atomic E-state index is -4.39. The van der Waals surface area contributed by atoms with Crippen molar-refractivity contribution in [2.24, 2.45) is 0 Å². The first-order valence-corrected chi connectivity index (χ1v) is 6.93. The Morgan fingerprint density at radius 1 is 1.29 bits per heavy atom. The average Bonchev–Trinajstić information content (AvgIpc) is 2.52. The van der Waals surface area contributed by atoms with Gasteiger partial charge in [-0.05, 0) is 30.7 Å². The van der Waals surface area contributed by atoms with E-state index < -0.39 is 18.7 Å². The number of alkyl halides is 3. The molecule has 0 spiro atoms. The summed E-state index contributed by atoms with van der Waals surface area (Å²) in [6.07, 6.45) is -3.02. The normalized spacial score (nSPS) is 12.5. The van der Waals surface area contributed by atoms with Gasteiger partial charge in [0.2, 0.25) is 5.95 Å². The van der Waals surface area contributed by atoms with E-state index in [2.05, 4.69) is 20.0 Å². The van der Waals surface area contributed by atoms with Crippen molar-refractivity contribution >= 4 is 11.9 Å². The molecule has 0 fully saturated rings. The lowest BCUT2D eigenvalue weighted by molar-refractivity contribution is -0.153. The Morgan fingerprint density at radius 3 is 2.54 bits per heavy atom. The summed E-state index contributed by atoms with van der Waals surface area (Å²) < 4.78 is 40.9. The maximum atomic E-state index is 12.1. The fourth-order valence-corrected chi connectivity index (χ4v) is 1.87. The molecule has 0 aliphatic carbocycles. The van der Waals surface area contributed by atoms with Crippen molar-refractivity contribution in [3.05, 3.63) is 47.8 Å². The predicted molar refractivity (Wildman–Crippen MR) is 80.3 cm³/mol. The molecule has 1 atom stereocenters. The largest absolute Gasteiger partial charge is 0.484 e. The summed E-state index contributed by atoms with van der Waals surface area (Å²) in [6.45, 7) is 0.377. The quantitative estimate of drug-likeness (QED) is 0.873. The van der Waals surface area contributed by atoms with Gasteiger partial charge in [0, 0.05) is 6.20 Å². The van der Waals surface area contributed by atoms with E-state index >= 15 is 0 Å². The smallest absolute Gasteiger partial charge is 0.422 e. The Balaban J connectivity index is 1.97. The third-order valence-corrected chi connectivity index (χ3v) is 3.04. The number of anilines is 1. The molecule has 3 N–H and O–H groups in total. The lowest BCUT2D eigenvalue weighted by Gasteiger charge is -2.15. The van der Waals surface area contributed by atoms with Crippen LogP contribution in [0, 0.1) is 0 Å². The number of amides is 1. The summed E-state index contributed by atoms with van der Waals surface area (Å²) in [6, 6.07) is 7.01. The fraction of sp³-hybridized carbons (Fsp3) is 0.267. The Hall–Kier alpha value is -2.84. The number of carbonyl (C=O) groups is 1. The predicted octanol–water partition coefficient (Wildman–Crippen LogP) is 2.49. The van der Waals surface area contributed by atoms with Crippen LogP contribution >= 0.6 is 0 Å². The molecule has 1 aromatic heterocycles. The number of nitrogens with two attached hydrogens (primary N) is 1. The lowest BCUT2D eigenvalue weighted by atomic mass is 10.1. The molecular weight excluding hydrogens is 325 g/mol. The molecule has 0 radical (unpaired) electrons. The molecule has 9 heteroatoms. The van der Waals surface area contributed by atoms with Crippen molar-refractivity contribution in [1.29, 1.82) is 0 Å². The molecule has 0 aliphatic rings. The number of hydrogen-bond donors (Lipinski definition) is 2. The summed E-state index contributed by atoms with van der Waals surface area (Å²) in [5.74, 6) is -0.353. The van der Waals surface area contributed by atoms with Crippen LogP contribution < -0.4 is 15.8 Å². The number of ether oxygens (including phenoxy) is 1. The standard InChI is InChI=1S/C15H15F3N4O2/c1-9(21-13(23)12-6-7-20-14(19)22-12)10-2-4-11(5-3-10)24-8-15(16,17)18/h2-7,9H,8H2,1H3,(H,21,23)(H2,19,20,22). The number of halogens is 3. The zero-order valence-corrected chi connectivity index (χ0v) is 12.7. The molecular formula is C15H15F3N4O2. The highest BCUT2D eigenvalue weighted by molar-refractivity contribution is 5.92. The minimum Gasteiger partial charge on any atom is -0.484 e. The van der Waals surface area contributed by atoms with Gasteiger partial charge in [-0.15, -0.1) is 0 Å². The Kier molecular flexibility index (Phi) is 5.22. The molecule has 0 saturated heterocycles. The van der Waals surface area contributed by atoms with Gasteiger partial charge in [-0.2, -0.15) is 13.2 Å². The van der Waals surface area contributed by atoms with E-state index in [0.717, 1.165) is 0 Å². The zero-order chi connectivity index (χ0) is 17.7. The van der Waals surface area contributed by atoms with Gasteiger partial charge < -0.3 is 15.8 Å². The second-order valence-corrected chi connectivity index (χ2v) is 4.97. The van der Waals surface area contributed by atoms with Gasteiger partial charge >= 0.3 is 6.18 Å². The number of carbonyl (C=O) groups excluding carboxylic acids is 1. The van der Waals surface area contributed by atoms with Gasteiger partial charge in [-0.1, -0.05) is 12.1 Å². The van der Waals surface area contributed by atoms with E-state index in [1.165, 1.54) is 24.4 Å². The monoisotopic (exact) mass is 340 g/mol. The van der Waals surface area contributed by atoms with Gasteiger partial charge in [0.25, 0.3) is 5.91 Å². The first kappa shape index (κ1) is 17.5. The maximum Gasteiger partial charge on any atom is 0.422 e. The number of nitrogen functional groups attached to an aromatic ring is 1. The molecule has 1 unspecified atom stereocenters. The molecule has 128 valence electrons. The van der Waals surface area contributed by atoms with Gasteiger partial charge in [-0.3, -0.25) is 4.79 Å². The van der Waals surface area contributed by atoms with E-state index in [1.54, 1.807) is 19.1 Å². The highest BCUT2D eigenvalue weighted by Gasteiger charge is 2.28. The van der Waals surface area contributed by atoms with Gasteiger partial charge in [0.1, 0.15) is 11.4 Å². The van der Waals surface area contributed by atoms with Crippen LogP contribution in [0.25, 0.3) is 0 Å². The van der Waals surface area contributed by atoms with E-state index in [4.69, 9.17) is 5.73 Å². The van der Waals surface area contributed by atoms with Crippen LogP contribution in [0.15, 0.2) is 36.5 Å². The lowest BCUT2D eigenvalue weighted by Crippen LogP contribution is -2.27. The van der Waals surface area contributed by atoms with Crippen LogP contribution in [0.3, 0.4) is 0 Å². The van der Waals surface area contributed by atoms with Crippen LogP contribution in [0.4, 0.5) is 19.1 Å². The second-order valence-electron chi connectivity index (χ2n) is 4.97. The van der Waals surface area contributed by atoms with E-state index in [1.807, 2.05) is 0 Å². The van der Waals surface area contributed by atoms with Crippen molar-refractivity contribution in [2.75, 3.05) is 12.3 Å².